The Hall–Kier alpha value is -3.18. The summed E-state index contributed by atoms with van der Waals surface area (Å²) in [5.41, 5.74) is -7.62. The Kier molecular flexibility index (Phi) is 4.62. The highest BCUT2D eigenvalue weighted by molar-refractivity contribution is 5.92. The molecule has 7 rings (SSSR count). The molecule has 11 atom stereocenters. The van der Waals surface area contributed by atoms with E-state index in [4.69, 9.17) is 23.4 Å². The molecule has 4 aliphatic carbocycles. The van der Waals surface area contributed by atoms with E-state index in [1.54, 1.807) is 13.0 Å². The fraction of sp³-hybridized carbons (Fsp3) is 0.655. The lowest BCUT2D eigenvalue weighted by Gasteiger charge is -2.56. The van der Waals surface area contributed by atoms with Crippen molar-refractivity contribution in [3.8, 4) is 0 Å². The SMILES string of the molecule is COC(=O)[C@H](O)[C@H]1[C@@]2(C)C[C@@]3(OC(C)=O)[C@@H]4[C@@]5(OC(=O)[C@]42O)C2=CC(=O)O[C@@H](c4ccoc4)[C@]2(C)CCC5[C@]13C. The van der Waals surface area contributed by atoms with Crippen LogP contribution in [-0.2, 0) is 38.1 Å². The predicted octanol–water partition coefficient (Wildman–Crippen LogP) is 1.76. The minimum Gasteiger partial charge on any atom is -0.472 e. The average Bonchev–Trinajstić information content (AvgIpc) is 3.60. The van der Waals surface area contributed by atoms with Crippen LogP contribution in [0.5, 0.6) is 0 Å². The second-order valence-electron chi connectivity index (χ2n) is 13.1. The Bertz CT molecular complexity index is 1410. The molecule has 0 aromatic carbocycles. The quantitative estimate of drug-likeness (QED) is 0.411. The third kappa shape index (κ3) is 2.29. The van der Waals surface area contributed by atoms with Crippen LogP contribution in [0.1, 0.15) is 58.6 Å². The number of hydrogen-bond donors (Lipinski definition) is 2. The van der Waals surface area contributed by atoms with Gasteiger partial charge in [-0.3, -0.25) is 4.79 Å². The molecule has 1 spiro atoms. The van der Waals surface area contributed by atoms with Crippen molar-refractivity contribution in [3.05, 3.63) is 35.8 Å². The first kappa shape index (κ1) is 25.8. The van der Waals surface area contributed by atoms with Gasteiger partial charge >= 0.3 is 23.9 Å². The van der Waals surface area contributed by atoms with Crippen molar-refractivity contribution >= 4 is 23.9 Å². The van der Waals surface area contributed by atoms with Gasteiger partial charge in [0.25, 0.3) is 0 Å². The van der Waals surface area contributed by atoms with Gasteiger partial charge in [-0.2, -0.15) is 0 Å². The summed E-state index contributed by atoms with van der Waals surface area (Å²) in [5.74, 6) is -5.85. The highest BCUT2D eigenvalue weighted by Crippen LogP contribution is 2.89. The largest absolute Gasteiger partial charge is 0.472 e. The van der Waals surface area contributed by atoms with Crippen LogP contribution < -0.4 is 0 Å². The zero-order valence-corrected chi connectivity index (χ0v) is 22.9. The van der Waals surface area contributed by atoms with Gasteiger partial charge in [0.05, 0.1) is 25.6 Å². The number of fused-ring (bicyclic) bond motifs is 4. The molecule has 2 N–H and O–H groups in total. The molecule has 3 heterocycles. The second kappa shape index (κ2) is 7.17. The van der Waals surface area contributed by atoms with Crippen LogP contribution in [0, 0.1) is 34.0 Å². The Balaban J connectivity index is 1.53. The maximum absolute atomic E-state index is 14.0. The first-order valence-electron chi connectivity index (χ1n) is 13.6. The number of rotatable bonds is 4. The lowest BCUT2D eigenvalue weighted by atomic mass is 9.51. The number of hydrogen-bond acceptors (Lipinski definition) is 11. The first-order valence-corrected chi connectivity index (χ1v) is 13.6. The first-order chi connectivity index (χ1) is 18.7. The summed E-state index contributed by atoms with van der Waals surface area (Å²) in [6, 6.07) is 1.71. The number of cyclic esters (lactones) is 1. The molecule has 4 saturated carbocycles. The second-order valence-corrected chi connectivity index (χ2v) is 13.1. The van der Waals surface area contributed by atoms with Gasteiger partial charge in [-0.25, -0.2) is 14.4 Å². The average molecular weight is 557 g/mol. The molecule has 214 valence electrons. The van der Waals surface area contributed by atoms with Gasteiger partial charge in [-0.15, -0.1) is 0 Å². The maximum Gasteiger partial charge on any atom is 0.340 e. The topological polar surface area (TPSA) is 159 Å². The number of methoxy groups -OCH3 is 1. The Labute approximate surface area is 229 Å². The molecule has 0 radical (unpaired) electrons. The normalized spacial score (nSPS) is 49.9. The summed E-state index contributed by atoms with van der Waals surface area (Å²) in [5, 5.41) is 24.0. The van der Waals surface area contributed by atoms with Crippen molar-refractivity contribution in [2.45, 2.75) is 76.0 Å². The Morgan fingerprint density at radius 3 is 2.55 bits per heavy atom. The molecular formula is C29H32O11. The number of esters is 4. The minimum atomic E-state index is -2.23. The van der Waals surface area contributed by atoms with Crippen molar-refractivity contribution < 1.29 is 52.8 Å². The molecular weight excluding hydrogens is 524 g/mol. The zero-order chi connectivity index (χ0) is 28.8. The van der Waals surface area contributed by atoms with Crippen LogP contribution in [-0.4, -0.2) is 64.1 Å². The fourth-order valence-corrected chi connectivity index (χ4v) is 10.9. The number of ether oxygens (including phenoxy) is 4. The highest BCUT2D eigenvalue weighted by Gasteiger charge is 3.00. The van der Waals surface area contributed by atoms with Crippen molar-refractivity contribution in [2.75, 3.05) is 7.11 Å². The van der Waals surface area contributed by atoms with Gasteiger partial charge in [0, 0.05) is 46.6 Å². The van der Waals surface area contributed by atoms with E-state index in [0.29, 0.717) is 24.0 Å². The lowest BCUT2D eigenvalue weighted by molar-refractivity contribution is -0.226. The minimum absolute atomic E-state index is 0.0168. The van der Waals surface area contributed by atoms with Gasteiger partial charge in [0.2, 0.25) is 0 Å². The van der Waals surface area contributed by atoms with E-state index in [9.17, 15) is 29.4 Å². The van der Waals surface area contributed by atoms with E-state index in [0.717, 1.165) is 7.11 Å². The van der Waals surface area contributed by atoms with Gasteiger partial charge in [0.1, 0.15) is 17.3 Å². The lowest BCUT2D eigenvalue weighted by Crippen LogP contribution is -2.66. The van der Waals surface area contributed by atoms with E-state index < -0.39 is 86.9 Å². The van der Waals surface area contributed by atoms with Gasteiger partial charge < -0.3 is 33.6 Å². The molecule has 6 aliphatic rings. The molecule has 5 fully saturated rings. The van der Waals surface area contributed by atoms with Crippen LogP contribution in [0.3, 0.4) is 0 Å². The number of carbonyl (C=O) groups excluding carboxylic acids is 4. The monoisotopic (exact) mass is 556 g/mol. The van der Waals surface area contributed by atoms with E-state index in [2.05, 4.69) is 0 Å². The van der Waals surface area contributed by atoms with Gasteiger partial charge in [-0.05, 0) is 30.9 Å². The Morgan fingerprint density at radius 1 is 1.20 bits per heavy atom. The predicted molar refractivity (Wildman–Crippen MR) is 131 cm³/mol. The standard InChI is InChI=1S/C29H32O11/c1-13(30)39-27-12-25(3)19(18(32)21(33)36-5)26(27,4)15-6-8-24(2)16(28(15)22(27)29(25,35)23(34)40-28)10-17(31)38-20(24)14-7-9-37-11-14/h7,9-11,15,18-20,22,32,35H,6,8,12H2,1-5H3/t15?,18-,19+,20+,22-,24-,25-,26-,27-,28+,29-/m1/s1. The van der Waals surface area contributed by atoms with Crippen molar-refractivity contribution in [1.29, 1.82) is 0 Å². The number of aliphatic hydroxyl groups is 2. The van der Waals surface area contributed by atoms with E-state index in [1.807, 2.05) is 13.8 Å². The van der Waals surface area contributed by atoms with Gasteiger partial charge in [0.15, 0.2) is 11.7 Å². The van der Waals surface area contributed by atoms with Crippen LogP contribution in [0.4, 0.5) is 0 Å². The summed E-state index contributed by atoms with van der Waals surface area (Å²) in [4.78, 5) is 52.8. The van der Waals surface area contributed by atoms with Crippen LogP contribution >= 0.6 is 0 Å². The third-order valence-electron chi connectivity index (χ3n) is 11.9. The summed E-state index contributed by atoms with van der Waals surface area (Å²) in [7, 11) is 1.15. The molecule has 1 saturated heterocycles. The molecule has 1 unspecified atom stereocenters. The molecule has 1 aromatic heterocycles. The van der Waals surface area contributed by atoms with Crippen LogP contribution in [0.2, 0.25) is 0 Å². The molecule has 11 nitrogen and oxygen atoms in total. The fourth-order valence-electron chi connectivity index (χ4n) is 10.9. The molecule has 11 heteroatoms. The van der Waals surface area contributed by atoms with Crippen molar-refractivity contribution in [1.82, 2.24) is 0 Å². The molecule has 1 aromatic rings. The third-order valence-corrected chi connectivity index (χ3v) is 11.9. The molecule has 2 bridgehead atoms. The van der Waals surface area contributed by atoms with E-state index >= 15 is 0 Å². The van der Waals surface area contributed by atoms with E-state index in [1.165, 1.54) is 25.5 Å². The Morgan fingerprint density at radius 2 is 1.93 bits per heavy atom. The molecule has 40 heavy (non-hydrogen) atoms. The maximum atomic E-state index is 14.0. The van der Waals surface area contributed by atoms with E-state index in [-0.39, 0.29) is 6.42 Å². The molecule has 2 aliphatic heterocycles. The smallest absolute Gasteiger partial charge is 0.340 e. The summed E-state index contributed by atoms with van der Waals surface area (Å²) >= 11 is 0. The molecule has 0 amide bonds. The van der Waals surface area contributed by atoms with Crippen molar-refractivity contribution in [3.63, 3.8) is 0 Å². The number of aliphatic hydroxyl groups excluding tert-OH is 1. The summed E-state index contributed by atoms with van der Waals surface area (Å²) in [6.45, 7) is 6.66. The highest BCUT2D eigenvalue weighted by atomic mass is 16.6. The van der Waals surface area contributed by atoms with Gasteiger partial charge in [-0.1, -0.05) is 20.8 Å². The van der Waals surface area contributed by atoms with Crippen LogP contribution in [0.25, 0.3) is 0 Å². The summed E-state index contributed by atoms with van der Waals surface area (Å²) < 4.78 is 28.6. The summed E-state index contributed by atoms with van der Waals surface area (Å²) in [6.07, 6.45) is 2.74. The number of carbonyl (C=O) groups is 4. The van der Waals surface area contributed by atoms with Crippen LogP contribution in [0.15, 0.2) is 34.7 Å². The zero-order valence-electron chi connectivity index (χ0n) is 22.9. The number of furan rings is 1. The van der Waals surface area contributed by atoms with Crippen molar-refractivity contribution in [2.24, 2.45) is 34.0 Å².